The molecule has 80 valence electrons. The van der Waals surface area contributed by atoms with Gasteiger partial charge in [-0.2, -0.15) is 0 Å². The molecule has 0 aromatic carbocycles. The molecule has 1 spiro atoms. The van der Waals surface area contributed by atoms with E-state index in [0.29, 0.717) is 11.4 Å². The van der Waals surface area contributed by atoms with Crippen molar-refractivity contribution in [1.29, 1.82) is 0 Å². The first-order chi connectivity index (χ1) is 6.62. The molecule has 0 aromatic heterocycles. The van der Waals surface area contributed by atoms with Gasteiger partial charge >= 0.3 is 0 Å². The molecule has 2 unspecified atom stereocenters. The summed E-state index contributed by atoms with van der Waals surface area (Å²) in [5, 5.41) is 12.2. The van der Waals surface area contributed by atoms with Gasteiger partial charge in [-0.25, -0.2) is 0 Å². The normalized spacial score (nSPS) is 57.0. The molecule has 4 fully saturated rings. The molecule has 0 saturated carbocycles. The van der Waals surface area contributed by atoms with E-state index in [2.05, 4.69) is 6.92 Å². The highest BCUT2D eigenvalue weighted by Gasteiger charge is 2.56. The van der Waals surface area contributed by atoms with Crippen LogP contribution in [0.1, 0.15) is 19.8 Å². The van der Waals surface area contributed by atoms with E-state index in [1.54, 1.807) is 0 Å². The fourth-order valence-electron chi connectivity index (χ4n) is 3.29. The van der Waals surface area contributed by atoms with Crippen LogP contribution >= 0.6 is 11.8 Å². The third-order valence-electron chi connectivity index (χ3n) is 4.03. The Bertz CT molecular complexity index is 253. The van der Waals surface area contributed by atoms with Gasteiger partial charge in [-0.3, -0.25) is 0 Å². The standard InChI is InChI=1S/C10H17NO2S/c1-8-13-10(7-14-8)6-11(12)4-2-9(10)3-5-11/h8-9H,2-7H2,1H3. The maximum absolute atomic E-state index is 12.2. The molecule has 0 amide bonds. The van der Waals surface area contributed by atoms with E-state index in [4.69, 9.17) is 4.74 Å². The minimum Gasteiger partial charge on any atom is -0.633 e. The second-order valence-electron chi connectivity index (χ2n) is 5.00. The first kappa shape index (κ1) is 9.46. The van der Waals surface area contributed by atoms with Crippen LogP contribution in [0.2, 0.25) is 0 Å². The van der Waals surface area contributed by atoms with Crippen LogP contribution in [0.4, 0.5) is 0 Å². The largest absolute Gasteiger partial charge is 0.633 e. The molecular weight excluding hydrogens is 198 g/mol. The van der Waals surface area contributed by atoms with Crippen molar-refractivity contribution in [2.24, 2.45) is 5.92 Å². The first-order valence-corrected chi connectivity index (χ1v) is 6.53. The minimum atomic E-state index is -0.0532. The van der Waals surface area contributed by atoms with Crippen LogP contribution in [0.25, 0.3) is 0 Å². The predicted molar refractivity (Wildman–Crippen MR) is 56.7 cm³/mol. The lowest BCUT2D eigenvalue weighted by atomic mass is 9.76. The summed E-state index contributed by atoms with van der Waals surface area (Å²) < 4.78 is 6.05. The van der Waals surface area contributed by atoms with Gasteiger partial charge in [0.15, 0.2) is 0 Å². The molecule has 0 aliphatic carbocycles. The van der Waals surface area contributed by atoms with Gasteiger partial charge in [0.1, 0.15) is 17.6 Å². The Hall–Kier alpha value is 0.230. The Morgan fingerprint density at radius 3 is 2.64 bits per heavy atom. The number of rotatable bonds is 0. The Kier molecular flexibility index (Phi) is 1.94. The summed E-state index contributed by atoms with van der Waals surface area (Å²) in [6.45, 7) is 4.48. The van der Waals surface area contributed by atoms with Gasteiger partial charge in [0.05, 0.1) is 13.1 Å². The van der Waals surface area contributed by atoms with E-state index in [0.717, 1.165) is 38.2 Å². The molecule has 4 heterocycles. The number of ether oxygens (including phenoxy) is 1. The topological polar surface area (TPSA) is 32.3 Å². The molecule has 2 bridgehead atoms. The maximum atomic E-state index is 12.2. The second kappa shape index (κ2) is 2.88. The van der Waals surface area contributed by atoms with E-state index in [-0.39, 0.29) is 10.2 Å². The van der Waals surface area contributed by atoms with Crippen molar-refractivity contribution in [2.75, 3.05) is 25.4 Å². The van der Waals surface area contributed by atoms with Crippen molar-refractivity contribution in [1.82, 2.24) is 0 Å². The zero-order valence-corrected chi connectivity index (χ0v) is 9.39. The molecular formula is C10H17NO2S. The van der Waals surface area contributed by atoms with E-state index in [9.17, 15) is 5.21 Å². The molecule has 2 atom stereocenters. The zero-order valence-electron chi connectivity index (χ0n) is 8.57. The third-order valence-corrected chi connectivity index (χ3v) is 5.25. The lowest BCUT2D eigenvalue weighted by Crippen LogP contribution is -2.67. The zero-order chi connectivity index (χ0) is 9.81. The minimum absolute atomic E-state index is 0.0176. The molecule has 4 saturated heterocycles. The van der Waals surface area contributed by atoms with E-state index >= 15 is 0 Å². The van der Waals surface area contributed by atoms with Crippen molar-refractivity contribution in [3.05, 3.63) is 5.21 Å². The summed E-state index contributed by atoms with van der Waals surface area (Å²) in [6.07, 6.45) is 2.16. The molecule has 4 aliphatic heterocycles. The maximum Gasteiger partial charge on any atom is 0.131 e. The average Bonchev–Trinajstić information content (AvgIpc) is 2.47. The summed E-state index contributed by atoms with van der Waals surface area (Å²) in [6, 6.07) is 0. The highest BCUT2D eigenvalue weighted by Crippen LogP contribution is 2.48. The van der Waals surface area contributed by atoms with Crippen LogP contribution in [-0.4, -0.2) is 41.1 Å². The summed E-state index contributed by atoms with van der Waals surface area (Å²) in [5.41, 5.74) is 0.240. The number of hydroxylamine groups is 3. The predicted octanol–water partition coefficient (Wildman–Crippen LogP) is 1.57. The Labute approximate surface area is 89.0 Å². The average molecular weight is 215 g/mol. The van der Waals surface area contributed by atoms with Gasteiger partial charge in [-0.05, 0) is 6.92 Å². The summed E-state index contributed by atoms with van der Waals surface area (Å²) in [7, 11) is 0. The van der Waals surface area contributed by atoms with Gasteiger partial charge in [0, 0.05) is 24.5 Å². The van der Waals surface area contributed by atoms with Gasteiger partial charge in [0.2, 0.25) is 0 Å². The number of thioether (sulfide) groups is 1. The van der Waals surface area contributed by atoms with Crippen molar-refractivity contribution in [3.63, 3.8) is 0 Å². The molecule has 3 nitrogen and oxygen atoms in total. The number of hydrogen-bond acceptors (Lipinski definition) is 3. The SMILES string of the molecule is CC1OC2(CS1)C[N+]1([O-])CCC2CC1. The molecule has 0 radical (unpaired) electrons. The highest BCUT2D eigenvalue weighted by atomic mass is 32.2. The smallest absolute Gasteiger partial charge is 0.131 e. The molecule has 4 rings (SSSR count). The Morgan fingerprint density at radius 2 is 2.14 bits per heavy atom. The Balaban J connectivity index is 1.87. The second-order valence-corrected chi connectivity index (χ2v) is 6.28. The summed E-state index contributed by atoms with van der Waals surface area (Å²) >= 11 is 1.87. The van der Waals surface area contributed by atoms with Crippen LogP contribution < -0.4 is 0 Å². The summed E-state index contributed by atoms with van der Waals surface area (Å²) in [4.78, 5) is 0. The van der Waals surface area contributed by atoms with Crippen LogP contribution in [0, 0.1) is 11.1 Å². The third kappa shape index (κ3) is 1.24. The number of fused-ring (bicyclic) bond motifs is 2. The number of piperidine rings is 3. The monoisotopic (exact) mass is 215 g/mol. The van der Waals surface area contributed by atoms with Crippen LogP contribution in [0.5, 0.6) is 0 Å². The molecule has 14 heavy (non-hydrogen) atoms. The molecule has 0 aromatic rings. The van der Waals surface area contributed by atoms with Gasteiger partial charge < -0.3 is 14.6 Å². The lowest BCUT2D eigenvalue weighted by Gasteiger charge is -2.59. The lowest BCUT2D eigenvalue weighted by molar-refractivity contribution is -0.905. The fraction of sp³-hybridized carbons (Fsp3) is 1.00. The van der Waals surface area contributed by atoms with Gasteiger partial charge in [-0.15, -0.1) is 11.8 Å². The van der Waals surface area contributed by atoms with Crippen LogP contribution in [0.3, 0.4) is 0 Å². The highest BCUT2D eigenvalue weighted by molar-refractivity contribution is 8.00. The summed E-state index contributed by atoms with van der Waals surface area (Å²) in [5.74, 6) is 1.70. The van der Waals surface area contributed by atoms with Gasteiger partial charge in [0.25, 0.3) is 0 Å². The molecule has 4 heteroatoms. The van der Waals surface area contributed by atoms with E-state index < -0.39 is 0 Å². The van der Waals surface area contributed by atoms with E-state index in [1.165, 1.54) is 0 Å². The van der Waals surface area contributed by atoms with Crippen LogP contribution in [0.15, 0.2) is 0 Å². The van der Waals surface area contributed by atoms with Crippen molar-refractivity contribution >= 4 is 11.8 Å². The number of quaternary nitrogens is 1. The van der Waals surface area contributed by atoms with E-state index in [1.807, 2.05) is 11.8 Å². The molecule has 4 aliphatic rings. The fourth-order valence-corrected chi connectivity index (χ4v) is 4.46. The van der Waals surface area contributed by atoms with Crippen molar-refractivity contribution in [2.45, 2.75) is 30.8 Å². The number of nitrogens with zero attached hydrogens (tertiary/aromatic N) is 1. The number of hydrogen-bond donors (Lipinski definition) is 0. The Morgan fingerprint density at radius 1 is 1.43 bits per heavy atom. The van der Waals surface area contributed by atoms with Crippen molar-refractivity contribution < 1.29 is 9.38 Å². The van der Waals surface area contributed by atoms with Crippen molar-refractivity contribution in [3.8, 4) is 0 Å². The molecule has 0 N–H and O–H groups in total. The van der Waals surface area contributed by atoms with Gasteiger partial charge in [-0.1, -0.05) is 0 Å². The quantitative estimate of drug-likeness (QED) is 0.454. The van der Waals surface area contributed by atoms with Crippen LogP contribution in [-0.2, 0) is 4.74 Å². The first-order valence-electron chi connectivity index (χ1n) is 5.49.